The Morgan fingerprint density at radius 2 is 2.35 bits per heavy atom. The summed E-state index contributed by atoms with van der Waals surface area (Å²) in [5.74, 6) is 1.33. The predicted octanol–water partition coefficient (Wildman–Crippen LogP) is 2.44. The van der Waals surface area contributed by atoms with Crippen molar-refractivity contribution in [3.63, 3.8) is 0 Å². The maximum absolute atomic E-state index is 12.0. The van der Waals surface area contributed by atoms with Crippen LogP contribution in [0.4, 0.5) is 0 Å². The van der Waals surface area contributed by atoms with Crippen LogP contribution in [0.15, 0.2) is 21.5 Å². The highest BCUT2D eigenvalue weighted by atomic mass is 32.1. The van der Waals surface area contributed by atoms with Crippen LogP contribution >= 0.6 is 12.2 Å². The highest BCUT2D eigenvalue weighted by molar-refractivity contribution is 7.71. The molecule has 0 saturated heterocycles. The predicted molar refractivity (Wildman–Crippen MR) is 80.4 cm³/mol. The second-order valence-corrected chi connectivity index (χ2v) is 6.61. The molecular formula is C14H18N4OS. The molecule has 0 amide bonds. The second-order valence-electron chi connectivity index (χ2n) is 6.22. The van der Waals surface area contributed by atoms with E-state index in [4.69, 9.17) is 12.2 Å². The van der Waals surface area contributed by atoms with E-state index in [1.165, 1.54) is 16.7 Å². The molecule has 0 aromatic carbocycles. The fourth-order valence-electron chi connectivity index (χ4n) is 3.25. The number of aromatic amines is 1. The SMILES string of the molecule is Cc1n[nH]c(=S)n(/N=C\C2=CC[C@@H]3C[C@H]2C3(C)C)c1=O. The van der Waals surface area contributed by atoms with Gasteiger partial charge in [-0.25, -0.2) is 0 Å². The van der Waals surface area contributed by atoms with Crippen LogP contribution in [0.5, 0.6) is 0 Å². The van der Waals surface area contributed by atoms with Gasteiger partial charge in [0, 0.05) is 0 Å². The summed E-state index contributed by atoms with van der Waals surface area (Å²) in [6, 6.07) is 0. The average molecular weight is 290 g/mol. The summed E-state index contributed by atoms with van der Waals surface area (Å²) in [4.78, 5) is 12.0. The number of fused-ring (bicyclic) bond motifs is 1. The van der Waals surface area contributed by atoms with Crippen molar-refractivity contribution in [2.45, 2.75) is 33.6 Å². The van der Waals surface area contributed by atoms with Gasteiger partial charge in [0.2, 0.25) is 4.77 Å². The van der Waals surface area contributed by atoms with Gasteiger partial charge >= 0.3 is 0 Å². The van der Waals surface area contributed by atoms with Gasteiger partial charge in [-0.15, -0.1) is 0 Å². The van der Waals surface area contributed by atoms with Crippen molar-refractivity contribution >= 4 is 18.4 Å². The Bertz CT molecular complexity index is 725. The van der Waals surface area contributed by atoms with Crippen LogP contribution in [0.1, 0.15) is 32.4 Å². The Morgan fingerprint density at radius 1 is 1.60 bits per heavy atom. The monoisotopic (exact) mass is 290 g/mol. The van der Waals surface area contributed by atoms with Gasteiger partial charge in [-0.2, -0.15) is 14.9 Å². The fraction of sp³-hybridized carbons (Fsp3) is 0.571. The quantitative estimate of drug-likeness (QED) is 0.672. The molecule has 4 rings (SSSR count). The lowest BCUT2D eigenvalue weighted by Gasteiger charge is -2.55. The largest absolute Gasteiger partial charge is 0.296 e. The van der Waals surface area contributed by atoms with Crippen LogP contribution < -0.4 is 5.56 Å². The summed E-state index contributed by atoms with van der Waals surface area (Å²) in [5, 5.41) is 10.7. The molecule has 1 N–H and O–H groups in total. The molecular weight excluding hydrogens is 272 g/mol. The minimum atomic E-state index is -0.271. The summed E-state index contributed by atoms with van der Waals surface area (Å²) >= 11 is 5.06. The number of nitrogens with one attached hydrogen (secondary N) is 1. The zero-order chi connectivity index (χ0) is 14.5. The van der Waals surface area contributed by atoms with Crippen molar-refractivity contribution in [1.82, 2.24) is 14.9 Å². The molecule has 1 aromatic heterocycles. The van der Waals surface area contributed by atoms with E-state index in [2.05, 4.69) is 35.2 Å². The van der Waals surface area contributed by atoms with Gasteiger partial charge in [-0.3, -0.25) is 9.89 Å². The molecule has 2 bridgehead atoms. The molecule has 0 radical (unpaired) electrons. The van der Waals surface area contributed by atoms with Crippen LogP contribution in [-0.4, -0.2) is 21.1 Å². The van der Waals surface area contributed by atoms with Gasteiger partial charge in [-0.05, 0) is 54.8 Å². The zero-order valence-corrected chi connectivity index (χ0v) is 12.7. The number of hydrogen-bond acceptors (Lipinski definition) is 4. The van der Waals surface area contributed by atoms with Gasteiger partial charge in [-0.1, -0.05) is 19.9 Å². The molecule has 5 nitrogen and oxygen atoms in total. The maximum atomic E-state index is 12.0. The van der Waals surface area contributed by atoms with Crippen molar-refractivity contribution in [2.75, 3.05) is 0 Å². The van der Waals surface area contributed by atoms with E-state index in [0.29, 0.717) is 17.0 Å². The van der Waals surface area contributed by atoms with E-state index in [-0.39, 0.29) is 10.3 Å². The first-order chi connectivity index (χ1) is 9.41. The minimum Gasteiger partial charge on any atom is -0.265 e. The normalized spacial score (nSPS) is 27.2. The van der Waals surface area contributed by atoms with Crippen LogP contribution in [0, 0.1) is 28.9 Å². The van der Waals surface area contributed by atoms with E-state index < -0.39 is 0 Å². The molecule has 0 aliphatic heterocycles. The Labute approximate surface area is 122 Å². The van der Waals surface area contributed by atoms with Crippen molar-refractivity contribution in [3.05, 3.63) is 32.5 Å². The summed E-state index contributed by atoms with van der Waals surface area (Å²) in [6.45, 7) is 6.25. The third-order valence-corrected chi connectivity index (χ3v) is 5.11. The minimum absolute atomic E-state index is 0.221. The van der Waals surface area contributed by atoms with Crippen LogP contribution in [0.25, 0.3) is 0 Å². The number of allylic oxidation sites excluding steroid dienone is 2. The zero-order valence-electron chi connectivity index (χ0n) is 11.9. The molecule has 1 aromatic rings. The maximum Gasteiger partial charge on any atom is 0.296 e. The van der Waals surface area contributed by atoms with Crippen molar-refractivity contribution in [1.29, 1.82) is 0 Å². The van der Waals surface area contributed by atoms with E-state index in [9.17, 15) is 4.79 Å². The molecule has 1 saturated carbocycles. The molecule has 3 aliphatic rings. The first-order valence-corrected chi connectivity index (χ1v) is 7.25. The lowest BCUT2D eigenvalue weighted by atomic mass is 9.49. The number of hydrogen-bond donors (Lipinski definition) is 1. The molecule has 2 atom stereocenters. The summed E-state index contributed by atoms with van der Waals surface area (Å²) in [5.41, 5.74) is 1.65. The molecule has 0 unspecified atom stereocenters. The van der Waals surface area contributed by atoms with Crippen LogP contribution in [0.3, 0.4) is 0 Å². The Kier molecular flexibility index (Phi) is 3.01. The van der Waals surface area contributed by atoms with E-state index in [0.717, 1.165) is 12.3 Å². The van der Waals surface area contributed by atoms with Gasteiger partial charge < -0.3 is 0 Å². The molecule has 0 spiro atoms. The summed E-state index contributed by atoms with van der Waals surface area (Å²) in [6.07, 6.45) is 6.34. The number of H-pyrrole nitrogens is 1. The molecule has 6 heteroatoms. The van der Waals surface area contributed by atoms with Crippen molar-refractivity contribution in [3.8, 4) is 0 Å². The summed E-state index contributed by atoms with van der Waals surface area (Å²) < 4.78 is 1.43. The van der Waals surface area contributed by atoms with Crippen molar-refractivity contribution in [2.24, 2.45) is 22.4 Å². The van der Waals surface area contributed by atoms with Gasteiger partial charge in [0.1, 0.15) is 5.69 Å². The van der Waals surface area contributed by atoms with Gasteiger partial charge in [0.25, 0.3) is 5.56 Å². The third-order valence-electron chi connectivity index (χ3n) is 4.85. The number of rotatable bonds is 2. The van der Waals surface area contributed by atoms with Crippen LogP contribution in [0.2, 0.25) is 0 Å². The first-order valence-electron chi connectivity index (χ1n) is 6.84. The van der Waals surface area contributed by atoms with Gasteiger partial charge in [0.15, 0.2) is 0 Å². The standard InChI is InChI=1S/C14H18N4OS/c1-8-12(19)18(13(20)17-16-8)15-7-9-4-5-10-6-11(9)14(10,2)3/h4,7,10-11H,5-6H2,1-3H3,(H,17,20)/b15-7-/t10-,11-/m1/s1. The average Bonchev–Trinajstić information content (AvgIpc) is 2.43. The Balaban J connectivity index is 1.93. The topological polar surface area (TPSA) is 63.0 Å². The highest BCUT2D eigenvalue weighted by Crippen LogP contribution is 2.58. The third kappa shape index (κ3) is 1.90. The molecule has 1 heterocycles. The Morgan fingerprint density at radius 3 is 3.00 bits per heavy atom. The second kappa shape index (κ2) is 4.48. The smallest absolute Gasteiger partial charge is 0.265 e. The number of aromatic nitrogens is 3. The fourth-order valence-corrected chi connectivity index (χ4v) is 3.42. The lowest BCUT2D eigenvalue weighted by Crippen LogP contribution is -2.48. The number of nitrogens with zero attached hydrogens (tertiary/aromatic N) is 3. The van der Waals surface area contributed by atoms with Crippen molar-refractivity contribution < 1.29 is 0 Å². The summed E-state index contributed by atoms with van der Waals surface area (Å²) in [7, 11) is 0. The molecule has 3 aliphatic carbocycles. The van der Waals surface area contributed by atoms with Crippen LogP contribution in [-0.2, 0) is 0 Å². The van der Waals surface area contributed by atoms with E-state index >= 15 is 0 Å². The highest BCUT2D eigenvalue weighted by Gasteiger charge is 2.50. The molecule has 1 fully saturated rings. The number of aryl methyl sites for hydroxylation is 1. The van der Waals surface area contributed by atoms with Gasteiger partial charge in [0.05, 0.1) is 6.21 Å². The molecule has 20 heavy (non-hydrogen) atoms. The van der Waals surface area contributed by atoms with E-state index in [1.54, 1.807) is 13.1 Å². The first kappa shape index (κ1) is 13.4. The lowest BCUT2D eigenvalue weighted by molar-refractivity contribution is -0.00127. The molecule has 106 valence electrons. The van der Waals surface area contributed by atoms with E-state index in [1.807, 2.05) is 0 Å². The Hall–Kier alpha value is -1.56.